The SMILES string of the molecule is CC1CCC(C(=O)O)C(C(=O)O)C1.O=C(O)C1CC=CCC1C(=O)O. The van der Waals surface area contributed by atoms with E-state index in [1.54, 1.807) is 12.2 Å². The third-order valence-electron chi connectivity index (χ3n) is 4.81. The van der Waals surface area contributed by atoms with Gasteiger partial charge in [0.15, 0.2) is 0 Å². The van der Waals surface area contributed by atoms with Crippen LogP contribution in [0, 0.1) is 29.6 Å². The first-order valence-corrected chi connectivity index (χ1v) is 8.21. The fourth-order valence-electron chi connectivity index (χ4n) is 3.31. The van der Waals surface area contributed by atoms with E-state index in [1.165, 1.54) is 0 Å². The third-order valence-corrected chi connectivity index (χ3v) is 4.81. The van der Waals surface area contributed by atoms with E-state index in [4.69, 9.17) is 20.4 Å². The number of carboxylic acid groups (broad SMARTS) is 4. The summed E-state index contributed by atoms with van der Waals surface area (Å²) in [5, 5.41) is 34.9. The van der Waals surface area contributed by atoms with E-state index in [9.17, 15) is 19.2 Å². The van der Waals surface area contributed by atoms with Crippen molar-refractivity contribution in [3.63, 3.8) is 0 Å². The topological polar surface area (TPSA) is 149 Å². The molecule has 0 aromatic carbocycles. The molecule has 2 aliphatic carbocycles. The molecule has 0 bridgehead atoms. The highest BCUT2D eigenvalue weighted by Gasteiger charge is 2.38. The molecule has 1 fully saturated rings. The molecule has 25 heavy (non-hydrogen) atoms. The fraction of sp³-hybridized carbons (Fsp3) is 0.647. The molecule has 2 aliphatic rings. The summed E-state index contributed by atoms with van der Waals surface area (Å²) in [6, 6.07) is 0. The summed E-state index contributed by atoms with van der Waals surface area (Å²) < 4.78 is 0. The molecule has 0 saturated heterocycles. The summed E-state index contributed by atoms with van der Waals surface area (Å²) in [5.74, 6) is -6.55. The maximum Gasteiger partial charge on any atom is 0.307 e. The van der Waals surface area contributed by atoms with Crippen LogP contribution < -0.4 is 0 Å². The molecule has 5 atom stereocenters. The van der Waals surface area contributed by atoms with Crippen LogP contribution in [0.15, 0.2) is 12.2 Å². The molecule has 0 aromatic heterocycles. The predicted octanol–water partition coefficient (Wildman–Crippen LogP) is 1.95. The molecular formula is C17H24O8. The van der Waals surface area contributed by atoms with Crippen molar-refractivity contribution in [1.82, 2.24) is 0 Å². The lowest BCUT2D eigenvalue weighted by molar-refractivity contribution is -0.156. The van der Waals surface area contributed by atoms with Crippen molar-refractivity contribution < 1.29 is 39.6 Å². The van der Waals surface area contributed by atoms with Gasteiger partial charge in [-0.15, -0.1) is 0 Å². The van der Waals surface area contributed by atoms with Crippen molar-refractivity contribution in [1.29, 1.82) is 0 Å². The molecule has 140 valence electrons. The maximum absolute atomic E-state index is 10.8. The number of aliphatic carboxylic acids is 4. The molecule has 0 aliphatic heterocycles. The number of carbonyl (C=O) groups is 4. The average molecular weight is 356 g/mol. The lowest BCUT2D eigenvalue weighted by atomic mass is 9.75. The van der Waals surface area contributed by atoms with Crippen LogP contribution in [0.1, 0.15) is 39.0 Å². The van der Waals surface area contributed by atoms with E-state index in [2.05, 4.69) is 0 Å². The van der Waals surface area contributed by atoms with Gasteiger partial charge in [0, 0.05) is 0 Å². The largest absolute Gasteiger partial charge is 0.481 e. The molecule has 8 nitrogen and oxygen atoms in total. The Balaban J connectivity index is 0.000000251. The van der Waals surface area contributed by atoms with Gasteiger partial charge in [-0.1, -0.05) is 19.1 Å². The Morgan fingerprint density at radius 3 is 1.44 bits per heavy atom. The second-order valence-electron chi connectivity index (χ2n) is 6.64. The van der Waals surface area contributed by atoms with Gasteiger partial charge in [0.1, 0.15) is 0 Å². The summed E-state index contributed by atoms with van der Waals surface area (Å²) in [7, 11) is 0. The Kier molecular flexibility index (Phi) is 7.60. The quantitative estimate of drug-likeness (QED) is 0.558. The zero-order valence-electron chi connectivity index (χ0n) is 14.0. The first kappa shape index (κ1) is 20.7. The average Bonchev–Trinajstić information content (AvgIpc) is 2.54. The second kappa shape index (κ2) is 9.19. The van der Waals surface area contributed by atoms with Crippen molar-refractivity contribution >= 4 is 23.9 Å². The third kappa shape index (κ3) is 5.88. The van der Waals surface area contributed by atoms with Gasteiger partial charge >= 0.3 is 23.9 Å². The molecule has 1 saturated carbocycles. The predicted molar refractivity (Wildman–Crippen MR) is 85.9 cm³/mol. The van der Waals surface area contributed by atoms with E-state index >= 15 is 0 Å². The summed E-state index contributed by atoms with van der Waals surface area (Å²) in [4.78, 5) is 42.6. The summed E-state index contributed by atoms with van der Waals surface area (Å²) in [6.07, 6.45) is 5.90. The van der Waals surface area contributed by atoms with Crippen LogP contribution in [0.25, 0.3) is 0 Å². The molecule has 4 N–H and O–H groups in total. The van der Waals surface area contributed by atoms with Crippen LogP contribution in [0.3, 0.4) is 0 Å². The molecule has 5 unspecified atom stereocenters. The summed E-state index contributed by atoms with van der Waals surface area (Å²) in [6.45, 7) is 1.97. The fourth-order valence-corrected chi connectivity index (χ4v) is 3.31. The molecule has 0 spiro atoms. The van der Waals surface area contributed by atoms with E-state index < -0.39 is 47.5 Å². The molecule has 0 heterocycles. The van der Waals surface area contributed by atoms with Crippen molar-refractivity contribution in [3.8, 4) is 0 Å². The number of allylic oxidation sites excluding steroid dienone is 2. The lowest BCUT2D eigenvalue weighted by Crippen LogP contribution is -2.34. The minimum Gasteiger partial charge on any atom is -0.481 e. The molecule has 8 heteroatoms. The maximum atomic E-state index is 10.8. The highest BCUT2D eigenvalue weighted by atomic mass is 16.4. The number of hydrogen-bond acceptors (Lipinski definition) is 4. The Hall–Kier alpha value is -2.38. The van der Waals surface area contributed by atoms with E-state index in [0.717, 1.165) is 6.42 Å². The van der Waals surface area contributed by atoms with Gasteiger partial charge in [0.25, 0.3) is 0 Å². The van der Waals surface area contributed by atoms with Crippen LogP contribution >= 0.6 is 0 Å². The zero-order chi connectivity index (χ0) is 19.1. The summed E-state index contributed by atoms with van der Waals surface area (Å²) >= 11 is 0. The van der Waals surface area contributed by atoms with Gasteiger partial charge in [-0.2, -0.15) is 0 Å². The van der Waals surface area contributed by atoms with Crippen LogP contribution in [-0.4, -0.2) is 44.3 Å². The van der Waals surface area contributed by atoms with Crippen molar-refractivity contribution in [2.24, 2.45) is 29.6 Å². The van der Waals surface area contributed by atoms with E-state index in [0.29, 0.717) is 31.6 Å². The Morgan fingerprint density at radius 2 is 1.08 bits per heavy atom. The minimum atomic E-state index is -1.02. The van der Waals surface area contributed by atoms with Crippen LogP contribution in [-0.2, 0) is 19.2 Å². The van der Waals surface area contributed by atoms with Crippen molar-refractivity contribution in [2.45, 2.75) is 39.0 Å². The van der Waals surface area contributed by atoms with Crippen molar-refractivity contribution in [3.05, 3.63) is 12.2 Å². The van der Waals surface area contributed by atoms with E-state index in [-0.39, 0.29) is 0 Å². The second-order valence-corrected chi connectivity index (χ2v) is 6.64. The first-order chi connectivity index (χ1) is 11.6. The Bertz CT molecular complexity index is 529. The minimum absolute atomic E-state index is 0.326. The number of carboxylic acids is 4. The molecule has 0 radical (unpaired) electrons. The van der Waals surface area contributed by atoms with Gasteiger partial charge in [-0.3, -0.25) is 19.2 Å². The molecule has 0 amide bonds. The normalized spacial score (nSPS) is 31.3. The summed E-state index contributed by atoms with van der Waals surface area (Å²) in [5.41, 5.74) is 0. The monoisotopic (exact) mass is 356 g/mol. The van der Waals surface area contributed by atoms with Crippen molar-refractivity contribution in [2.75, 3.05) is 0 Å². The Morgan fingerprint density at radius 1 is 0.680 bits per heavy atom. The highest BCUT2D eigenvalue weighted by molar-refractivity contribution is 5.81. The molecule has 0 aromatic rings. The highest BCUT2D eigenvalue weighted by Crippen LogP contribution is 2.34. The smallest absolute Gasteiger partial charge is 0.307 e. The molecule has 2 rings (SSSR count). The number of hydrogen-bond donors (Lipinski definition) is 4. The standard InChI is InChI=1S/C9H14O4.C8H10O4/c1-5-2-3-6(8(10)11)7(4-5)9(12)13;9-7(10)5-3-1-2-4-6(5)8(11)12/h5-7H,2-4H2,1H3,(H,10,11)(H,12,13);1-2,5-6H,3-4H2,(H,9,10)(H,11,12). The van der Waals surface area contributed by atoms with Gasteiger partial charge < -0.3 is 20.4 Å². The zero-order valence-corrected chi connectivity index (χ0v) is 14.0. The lowest BCUT2D eigenvalue weighted by Gasteiger charge is -2.29. The van der Waals surface area contributed by atoms with Crippen LogP contribution in [0.4, 0.5) is 0 Å². The van der Waals surface area contributed by atoms with Gasteiger partial charge in [0.2, 0.25) is 0 Å². The van der Waals surface area contributed by atoms with Gasteiger partial charge in [0.05, 0.1) is 23.7 Å². The van der Waals surface area contributed by atoms with E-state index in [1.807, 2.05) is 6.92 Å². The van der Waals surface area contributed by atoms with Gasteiger partial charge in [-0.25, -0.2) is 0 Å². The van der Waals surface area contributed by atoms with Crippen LogP contribution in [0.5, 0.6) is 0 Å². The van der Waals surface area contributed by atoms with Crippen LogP contribution in [0.2, 0.25) is 0 Å². The van der Waals surface area contributed by atoms with Gasteiger partial charge in [-0.05, 0) is 38.0 Å². The number of rotatable bonds is 4. The molecular weight excluding hydrogens is 332 g/mol. The Labute approximate surface area is 145 Å². The first-order valence-electron chi connectivity index (χ1n) is 8.21.